The first-order valence-corrected chi connectivity index (χ1v) is 15.7. The Balaban J connectivity index is 0.00000337. The highest BCUT2D eigenvalue weighted by Gasteiger charge is 2.29. The van der Waals surface area contributed by atoms with Crippen LogP contribution in [0.1, 0.15) is 22.3 Å². The summed E-state index contributed by atoms with van der Waals surface area (Å²) in [4.78, 5) is 21.8. The number of aromatic nitrogens is 1. The van der Waals surface area contributed by atoms with E-state index in [1.807, 2.05) is 30.3 Å². The van der Waals surface area contributed by atoms with E-state index in [-0.39, 0.29) is 29.0 Å². The van der Waals surface area contributed by atoms with Crippen LogP contribution in [-0.4, -0.2) is 70.0 Å². The fraction of sp³-hybridized carbons (Fsp3) is 0.310. The lowest BCUT2D eigenvalue weighted by Gasteiger charge is -2.34. The lowest BCUT2D eigenvalue weighted by molar-refractivity contribution is 0.0947. The molecule has 0 bridgehead atoms. The van der Waals surface area contributed by atoms with Gasteiger partial charge in [-0.25, -0.2) is 17.8 Å². The second kappa shape index (κ2) is 12.3. The van der Waals surface area contributed by atoms with E-state index >= 15 is 0 Å². The molecule has 2 aliphatic rings. The number of halogens is 2. The number of nitrogens with zero attached hydrogens (tertiary/aromatic N) is 4. The van der Waals surface area contributed by atoms with Crippen LogP contribution in [0.4, 0.5) is 15.2 Å². The van der Waals surface area contributed by atoms with Gasteiger partial charge in [-0.2, -0.15) is 0 Å². The van der Waals surface area contributed by atoms with Gasteiger partial charge in [-0.1, -0.05) is 35.6 Å². The summed E-state index contributed by atoms with van der Waals surface area (Å²) in [7, 11) is -3.72. The lowest BCUT2D eigenvalue weighted by atomic mass is 10.0. The number of carbonyl (C=O) groups excluding carboxylic acids is 1. The van der Waals surface area contributed by atoms with Crippen molar-refractivity contribution >= 4 is 60.7 Å². The van der Waals surface area contributed by atoms with Crippen LogP contribution >= 0.6 is 23.7 Å². The van der Waals surface area contributed by atoms with E-state index in [4.69, 9.17) is 0 Å². The van der Waals surface area contributed by atoms with E-state index in [2.05, 4.69) is 20.1 Å². The molecule has 3 aromatic carbocycles. The van der Waals surface area contributed by atoms with E-state index in [1.165, 1.54) is 33.8 Å². The summed E-state index contributed by atoms with van der Waals surface area (Å²) in [5.74, 6) is -0.527. The predicted molar refractivity (Wildman–Crippen MR) is 164 cm³/mol. The second-order valence-electron chi connectivity index (χ2n) is 10.0. The normalized spacial score (nSPS) is 15.8. The Kier molecular flexibility index (Phi) is 8.79. The molecule has 6 rings (SSSR count). The minimum atomic E-state index is -3.72. The Morgan fingerprint density at radius 2 is 1.71 bits per heavy atom. The van der Waals surface area contributed by atoms with Gasteiger partial charge >= 0.3 is 0 Å². The van der Waals surface area contributed by atoms with Gasteiger partial charge in [0.2, 0.25) is 0 Å². The quantitative estimate of drug-likeness (QED) is 0.328. The van der Waals surface area contributed by atoms with Crippen molar-refractivity contribution in [3.8, 4) is 0 Å². The van der Waals surface area contributed by atoms with Crippen LogP contribution < -0.4 is 14.5 Å². The van der Waals surface area contributed by atoms with E-state index in [0.29, 0.717) is 30.7 Å². The van der Waals surface area contributed by atoms with Gasteiger partial charge in [0.05, 0.1) is 15.3 Å². The molecular formula is C29H31ClFN5O3S2. The Hall–Kier alpha value is -3.25. The van der Waals surface area contributed by atoms with Crippen LogP contribution in [-0.2, 0) is 16.4 Å². The molecule has 12 heteroatoms. The number of sulfonamides is 1. The number of aryl methyl sites for hydroxylation is 1. The molecule has 1 fully saturated rings. The first-order valence-electron chi connectivity index (χ1n) is 13.4. The van der Waals surface area contributed by atoms with Crippen molar-refractivity contribution in [1.29, 1.82) is 0 Å². The zero-order valence-electron chi connectivity index (χ0n) is 22.3. The van der Waals surface area contributed by atoms with Crippen molar-refractivity contribution in [3.05, 3.63) is 83.7 Å². The molecule has 0 aliphatic carbocycles. The highest BCUT2D eigenvalue weighted by atomic mass is 35.5. The Morgan fingerprint density at radius 1 is 0.951 bits per heavy atom. The number of amides is 1. The minimum absolute atomic E-state index is 0. The summed E-state index contributed by atoms with van der Waals surface area (Å²) in [6, 6.07) is 18.8. The third-order valence-electron chi connectivity index (χ3n) is 7.49. The summed E-state index contributed by atoms with van der Waals surface area (Å²) in [6.07, 6.45) is 1.63. The first kappa shape index (κ1) is 29.2. The molecule has 4 aromatic rings. The smallest absolute Gasteiger partial charge is 0.264 e. The summed E-state index contributed by atoms with van der Waals surface area (Å²) in [5, 5.41) is 3.78. The van der Waals surface area contributed by atoms with Crippen LogP contribution in [0.3, 0.4) is 0 Å². The van der Waals surface area contributed by atoms with Crippen molar-refractivity contribution in [2.75, 3.05) is 55.0 Å². The molecule has 1 aromatic heterocycles. The van der Waals surface area contributed by atoms with Gasteiger partial charge in [-0.15, -0.1) is 12.4 Å². The van der Waals surface area contributed by atoms with Gasteiger partial charge in [-0.05, 0) is 60.9 Å². The third-order valence-corrected chi connectivity index (χ3v) is 10.4. The largest absolute Gasteiger partial charge is 0.351 e. The molecule has 0 atom stereocenters. The van der Waals surface area contributed by atoms with Crippen LogP contribution in [0.15, 0.2) is 71.6 Å². The van der Waals surface area contributed by atoms with E-state index < -0.39 is 10.0 Å². The number of carbonyl (C=O) groups is 1. The number of fused-ring (bicyclic) bond motifs is 2. The van der Waals surface area contributed by atoms with Crippen LogP contribution in [0.25, 0.3) is 10.2 Å². The summed E-state index contributed by atoms with van der Waals surface area (Å²) < 4.78 is 43.0. The molecule has 1 saturated heterocycles. The lowest BCUT2D eigenvalue weighted by Crippen LogP contribution is -2.48. The molecule has 8 nitrogen and oxygen atoms in total. The molecule has 0 saturated carbocycles. The number of para-hydroxylation sites is 2. The van der Waals surface area contributed by atoms with Gasteiger partial charge in [0.1, 0.15) is 11.3 Å². The predicted octanol–water partition coefficient (Wildman–Crippen LogP) is 4.55. The van der Waals surface area contributed by atoms with E-state index in [1.54, 1.807) is 18.2 Å². The maximum Gasteiger partial charge on any atom is 0.264 e. The summed E-state index contributed by atoms with van der Waals surface area (Å²) in [5.41, 5.74) is 2.60. The average molecular weight is 616 g/mol. The van der Waals surface area contributed by atoms with Gasteiger partial charge in [-0.3, -0.25) is 14.0 Å². The van der Waals surface area contributed by atoms with Crippen molar-refractivity contribution < 1.29 is 17.6 Å². The molecule has 1 amide bonds. The Morgan fingerprint density at radius 3 is 2.46 bits per heavy atom. The third kappa shape index (κ3) is 6.04. The molecule has 0 unspecified atom stereocenters. The molecule has 216 valence electrons. The zero-order chi connectivity index (χ0) is 27.7. The number of rotatable bonds is 7. The number of hydrogen-bond donors (Lipinski definition) is 1. The number of anilines is 2. The maximum absolute atomic E-state index is 14.0. The maximum atomic E-state index is 14.0. The number of hydrogen-bond acceptors (Lipinski definition) is 7. The van der Waals surface area contributed by atoms with Crippen molar-refractivity contribution in [1.82, 2.24) is 15.2 Å². The highest BCUT2D eigenvalue weighted by Crippen LogP contribution is 2.32. The van der Waals surface area contributed by atoms with E-state index in [0.717, 1.165) is 60.1 Å². The van der Waals surface area contributed by atoms with Gasteiger partial charge in [0.15, 0.2) is 5.13 Å². The van der Waals surface area contributed by atoms with Crippen LogP contribution in [0, 0.1) is 5.82 Å². The van der Waals surface area contributed by atoms with Crippen molar-refractivity contribution in [2.45, 2.75) is 17.7 Å². The average Bonchev–Trinajstić information content (AvgIpc) is 3.43. The minimum Gasteiger partial charge on any atom is -0.351 e. The van der Waals surface area contributed by atoms with Gasteiger partial charge in [0, 0.05) is 51.4 Å². The first-order chi connectivity index (χ1) is 19.4. The Labute approximate surface area is 249 Å². The van der Waals surface area contributed by atoms with Crippen molar-refractivity contribution in [3.63, 3.8) is 0 Å². The fourth-order valence-corrected chi connectivity index (χ4v) is 7.86. The second-order valence-corrected chi connectivity index (χ2v) is 12.9. The molecule has 0 spiro atoms. The highest BCUT2D eigenvalue weighted by molar-refractivity contribution is 7.92. The molecule has 1 N–H and O–H groups in total. The van der Waals surface area contributed by atoms with Crippen molar-refractivity contribution in [2.24, 2.45) is 0 Å². The molecule has 0 radical (unpaired) electrons. The van der Waals surface area contributed by atoms with Gasteiger partial charge in [0.25, 0.3) is 15.9 Å². The SMILES string of the molecule is Cl.O=C(NCCN1CCN(c2nc3c(F)cccc3s2)CC1)c1ccc(S(=O)(=O)N2CCCc3ccccc32)cc1. The summed E-state index contributed by atoms with van der Waals surface area (Å²) in [6.45, 7) is 4.83. The summed E-state index contributed by atoms with van der Waals surface area (Å²) >= 11 is 1.50. The molecule has 3 heterocycles. The number of thiazole rings is 1. The number of benzene rings is 3. The molecular weight excluding hydrogens is 585 g/mol. The number of nitrogens with one attached hydrogen (secondary N) is 1. The van der Waals surface area contributed by atoms with E-state index in [9.17, 15) is 17.6 Å². The van der Waals surface area contributed by atoms with Gasteiger partial charge < -0.3 is 10.2 Å². The van der Waals surface area contributed by atoms with Crippen LogP contribution in [0.2, 0.25) is 0 Å². The standard InChI is InChI=1S/C29H30FN5O3S2.ClH/c30-24-7-3-9-26-27(24)32-29(39-26)34-19-17-33(18-20-34)16-14-31-28(36)22-10-12-23(13-11-22)40(37,38)35-15-4-6-21-5-1-2-8-25(21)35;/h1-3,5,7-13H,4,6,14-20H2,(H,31,36);1H. The zero-order valence-corrected chi connectivity index (χ0v) is 24.8. The Bertz CT molecular complexity index is 1640. The molecule has 2 aliphatic heterocycles. The topological polar surface area (TPSA) is 85.9 Å². The monoisotopic (exact) mass is 615 g/mol. The van der Waals surface area contributed by atoms with Crippen LogP contribution in [0.5, 0.6) is 0 Å². The molecule has 41 heavy (non-hydrogen) atoms. The fourth-order valence-electron chi connectivity index (χ4n) is 5.29. The number of piperazine rings is 1.